The summed E-state index contributed by atoms with van der Waals surface area (Å²) in [5.41, 5.74) is 2.38. The molecule has 0 unspecified atom stereocenters. The minimum Gasteiger partial charge on any atom is -0.477 e. The van der Waals surface area contributed by atoms with Crippen LogP contribution >= 0.6 is 11.3 Å². The Morgan fingerprint density at radius 1 is 1.04 bits per heavy atom. The summed E-state index contributed by atoms with van der Waals surface area (Å²) in [6.07, 6.45) is 0. The third-order valence-corrected chi connectivity index (χ3v) is 5.47. The van der Waals surface area contributed by atoms with Gasteiger partial charge in [-0.2, -0.15) is 0 Å². The summed E-state index contributed by atoms with van der Waals surface area (Å²) in [5.74, 6) is -2.22. The van der Waals surface area contributed by atoms with E-state index in [0.29, 0.717) is 0 Å². The Morgan fingerprint density at radius 2 is 1.71 bits per heavy atom. The number of thiophene rings is 1. The molecule has 0 radical (unpaired) electrons. The molecule has 0 saturated heterocycles. The second kappa shape index (κ2) is 7.56. The lowest BCUT2D eigenvalue weighted by Gasteiger charge is -2.18. The van der Waals surface area contributed by atoms with E-state index in [-0.39, 0.29) is 21.5 Å². The van der Waals surface area contributed by atoms with Crippen LogP contribution in [-0.4, -0.2) is 17.0 Å². The van der Waals surface area contributed by atoms with Gasteiger partial charge in [-0.15, -0.1) is 11.3 Å². The molecular weight excluding hydrogens is 377 g/mol. The van der Waals surface area contributed by atoms with Crippen molar-refractivity contribution >= 4 is 28.9 Å². The molecule has 2 aromatic carbocycles. The van der Waals surface area contributed by atoms with Gasteiger partial charge in [-0.05, 0) is 40.8 Å². The van der Waals surface area contributed by atoms with Crippen molar-refractivity contribution in [2.45, 2.75) is 26.2 Å². The third-order valence-electron chi connectivity index (χ3n) is 4.30. The van der Waals surface area contributed by atoms with Crippen molar-refractivity contribution in [3.05, 3.63) is 76.4 Å². The Bertz CT molecular complexity index is 1030. The number of halogens is 1. The molecule has 28 heavy (non-hydrogen) atoms. The normalized spacial score (nSPS) is 11.3. The Kier molecular flexibility index (Phi) is 5.34. The maximum atomic E-state index is 13.3. The van der Waals surface area contributed by atoms with Gasteiger partial charge in [-0.3, -0.25) is 4.79 Å². The highest BCUT2D eigenvalue weighted by atomic mass is 32.1. The maximum Gasteiger partial charge on any atom is 0.348 e. The highest BCUT2D eigenvalue weighted by Gasteiger charge is 2.20. The van der Waals surface area contributed by atoms with Crippen LogP contribution in [0.25, 0.3) is 10.4 Å². The van der Waals surface area contributed by atoms with Gasteiger partial charge in [-0.25, -0.2) is 9.18 Å². The second-order valence-corrected chi connectivity index (χ2v) is 8.50. The number of carbonyl (C=O) groups excluding carboxylic acids is 1. The molecule has 6 heteroatoms. The monoisotopic (exact) mass is 397 g/mol. The highest BCUT2D eigenvalue weighted by Crippen LogP contribution is 2.36. The van der Waals surface area contributed by atoms with Gasteiger partial charge in [0.2, 0.25) is 0 Å². The van der Waals surface area contributed by atoms with Crippen molar-refractivity contribution in [3.63, 3.8) is 0 Å². The lowest BCUT2D eigenvalue weighted by molar-refractivity contribution is 0.0703. The van der Waals surface area contributed by atoms with E-state index >= 15 is 0 Å². The van der Waals surface area contributed by atoms with Crippen LogP contribution in [-0.2, 0) is 5.41 Å². The van der Waals surface area contributed by atoms with Crippen molar-refractivity contribution in [2.75, 3.05) is 5.32 Å². The van der Waals surface area contributed by atoms with Crippen molar-refractivity contribution in [1.82, 2.24) is 0 Å². The summed E-state index contributed by atoms with van der Waals surface area (Å²) in [6, 6.07) is 14.8. The number of anilines is 1. The Balaban J connectivity index is 1.92. The molecule has 1 aromatic heterocycles. The number of carbonyl (C=O) groups is 2. The standard InChI is InChI=1S/C22H20FNO3S/c1-22(2,3)15-9-7-13(8-10-15)18-12-17(19(28-18)21(26)27)24-20(25)14-5-4-6-16(23)11-14/h4-12H,1-3H3,(H,24,25)(H,26,27). The minimum atomic E-state index is -1.13. The molecule has 0 fully saturated rings. The van der Waals surface area contributed by atoms with E-state index in [1.165, 1.54) is 23.8 Å². The zero-order chi connectivity index (χ0) is 20.5. The summed E-state index contributed by atoms with van der Waals surface area (Å²) < 4.78 is 13.3. The third kappa shape index (κ3) is 4.28. The molecule has 3 rings (SSSR count). The van der Waals surface area contributed by atoms with Gasteiger partial charge in [0.1, 0.15) is 10.7 Å². The van der Waals surface area contributed by atoms with Crippen LogP contribution in [0.4, 0.5) is 10.1 Å². The van der Waals surface area contributed by atoms with Gasteiger partial charge in [0.25, 0.3) is 5.91 Å². The van der Waals surface area contributed by atoms with Gasteiger partial charge >= 0.3 is 5.97 Å². The van der Waals surface area contributed by atoms with Gasteiger partial charge in [0, 0.05) is 10.4 Å². The number of carboxylic acids is 1. The summed E-state index contributed by atoms with van der Waals surface area (Å²) >= 11 is 1.09. The van der Waals surface area contributed by atoms with Gasteiger partial charge in [-0.1, -0.05) is 51.1 Å². The molecule has 0 saturated carbocycles. The van der Waals surface area contributed by atoms with Crippen molar-refractivity contribution in [2.24, 2.45) is 0 Å². The van der Waals surface area contributed by atoms with E-state index < -0.39 is 17.7 Å². The zero-order valence-electron chi connectivity index (χ0n) is 15.7. The Morgan fingerprint density at radius 3 is 2.29 bits per heavy atom. The first-order chi connectivity index (χ1) is 13.1. The van der Waals surface area contributed by atoms with Gasteiger partial charge < -0.3 is 10.4 Å². The molecule has 0 bridgehead atoms. The van der Waals surface area contributed by atoms with Crippen LogP contribution in [0.3, 0.4) is 0 Å². The molecule has 0 spiro atoms. The summed E-state index contributed by atoms with van der Waals surface area (Å²) in [6.45, 7) is 6.36. The van der Waals surface area contributed by atoms with E-state index in [4.69, 9.17) is 0 Å². The van der Waals surface area contributed by atoms with Crippen molar-refractivity contribution < 1.29 is 19.1 Å². The quantitative estimate of drug-likeness (QED) is 0.584. The molecule has 1 heterocycles. The van der Waals surface area contributed by atoms with E-state index in [1.807, 2.05) is 24.3 Å². The molecular formula is C22H20FNO3S. The minimum absolute atomic E-state index is 0.0182. The summed E-state index contributed by atoms with van der Waals surface area (Å²) in [4.78, 5) is 24.8. The fourth-order valence-electron chi connectivity index (χ4n) is 2.74. The Labute approximate surface area is 166 Å². The smallest absolute Gasteiger partial charge is 0.348 e. The van der Waals surface area contributed by atoms with Crippen LogP contribution in [0.5, 0.6) is 0 Å². The molecule has 2 N–H and O–H groups in total. The molecule has 0 aliphatic carbocycles. The molecule has 1 amide bonds. The number of aromatic carboxylic acids is 1. The topological polar surface area (TPSA) is 66.4 Å². The highest BCUT2D eigenvalue weighted by molar-refractivity contribution is 7.18. The van der Waals surface area contributed by atoms with Crippen molar-refractivity contribution in [1.29, 1.82) is 0 Å². The van der Waals surface area contributed by atoms with E-state index in [2.05, 4.69) is 26.1 Å². The van der Waals surface area contributed by atoms with Crippen LogP contribution < -0.4 is 5.32 Å². The van der Waals surface area contributed by atoms with E-state index in [9.17, 15) is 19.1 Å². The zero-order valence-corrected chi connectivity index (χ0v) is 16.6. The maximum absolute atomic E-state index is 13.3. The van der Waals surface area contributed by atoms with Gasteiger partial charge in [0.05, 0.1) is 5.69 Å². The van der Waals surface area contributed by atoms with E-state index in [0.717, 1.165) is 27.8 Å². The first-order valence-corrected chi connectivity index (χ1v) is 9.52. The molecule has 3 aromatic rings. The number of hydrogen-bond donors (Lipinski definition) is 2. The number of benzene rings is 2. The van der Waals surface area contributed by atoms with Crippen LogP contribution in [0.2, 0.25) is 0 Å². The van der Waals surface area contributed by atoms with E-state index in [1.54, 1.807) is 6.07 Å². The van der Waals surface area contributed by atoms with Crippen LogP contribution in [0.1, 0.15) is 46.4 Å². The van der Waals surface area contributed by atoms with Crippen LogP contribution in [0, 0.1) is 5.82 Å². The Hall–Kier alpha value is -2.99. The fourth-order valence-corrected chi connectivity index (χ4v) is 3.70. The number of nitrogens with one attached hydrogen (secondary N) is 1. The lowest BCUT2D eigenvalue weighted by Crippen LogP contribution is -2.13. The summed E-state index contributed by atoms with van der Waals surface area (Å²) in [7, 11) is 0. The van der Waals surface area contributed by atoms with Crippen LogP contribution in [0.15, 0.2) is 54.6 Å². The first kappa shape index (κ1) is 19.8. The lowest BCUT2D eigenvalue weighted by atomic mass is 9.86. The molecule has 0 aliphatic rings. The van der Waals surface area contributed by atoms with Crippen molar-refractivity contribution in [3.8, 4) is 10.4 Å². The number of rotatable bonds is 4. The number of carboxylic acid groups (broad SMARTS) is 1. The molecule has 4 nitrogen and oxygen atoms in total. The predicted molar refractivity (Wildman–Crippen MR) is 110 cm³/mol. The predicted octanol–water partition coefficient (Wildman–Crippen LogP) is 5.80. The average molecular weight is 397 g/mol. The molecule has 144 valence electrons. The average Bonchev–Trinajstić information content (AvgIpc) is 3.05. The summed E-state index contributed by atoms with van der Waals surface area (Å²) in [5, 5.41) is 12.1. The SMILES string of the molecule is CC(C)(C)c1ccc(-c2cc(NC(=O)c3cccc(F)c3)c(C(=O)O)s2)cc1. The first-order valence-electron chi connectivity index (χ1n) is 8.70. The molecule has 0 aliphatic heterocycles. The largest absolute Gasteiger partial charge is 0.477 e. The molecule has 0 atom stereocenters. The fraction of sp³-hybridized carbons (Fsp3) is 0.182. The number of hydrogen-bond acceptors (Lipinski definition) is 3. The number of amides is 1. The second-order valence-electron chi connectivity index (χ2n) is 7.45. The van der Waals surface area contributed by atoms with Gasteiger partial charge in [0.15, 0.2) is 0 Å².